The van der Waals surface area contributed by atoms with Crippen molar-refractivity contribution in [1.82, 2.24) is 10.3 Å². The van der Waals surface area contributed by atoms with Gasteiger partial charge in [0, 0.05) is 13.6 Å². The number of guanidine groups is 1. The number of aryl methyl sites for hydroxylation is 1. The van der Waals surface area contributed by atoms with E-state index in [1.54, 1.807) is 0 Å². The molecule has 0 unspecified atom stereocenters. The van der Waals surface area contributed by atoms with Gasteiger partial charge in [-0.3, -0.25) is 5.43 Å². The van der Waals surface area contributed by atoms with E-state index in [2.05, 4.69) is 41.6 Å². The number of nitrogens with two attached hydrogens (primary N) is 1. The number of aliphatic imine (C=N–C) groups is 1. The number of rotatable bonds is 3. The fraction of sp³-hybridized carbons (Fsp3) is 0.462. The van der Waals surface area contributed by atoms with Crippen LogP contribution in [-0.4, -0.2) is 23.9 Å². The molecule has 1 aromatic rings. The van der Waals surface area contributed by atoms with E-state index < -0.39 is 0 Å². The fourth-order valence-corrected chi connectivity index (χ4v) is 1.78. The van der Waals surface area contributed by atoms with E-state index in [4.69, 9.17) is 5.84 Å². The zero-order chi connectivity index (χ0) is 12.3. The molecule has 0 bridgehead atoms. The first-order valence-corrected chi connectivity index (χ1v) is 6.00. The predicted molar refractivity (Wildman–Crippen MR) is 70.4 cm³/mol. The number of hydrazine groups is 1. The maximum atomic E-state index is 5.51. The maximum Gasteiger partial charge on any atom is 0.208 e. The van der Waals surface area contributed by atoms with Crippen molar-refractivity contribution in [2.75, 3.05) is 7.05 Å². The Hall–Kier alpha value is -1.55. The van der Waals surface area contributed by atoms with E-state index >= 15 is 0 Å². The van der Waals surface area contributed by atoms with Crippen LogP contribution in [0.2, 0.25) is 0 Å². The van der Waals surface area contributed by atoms with Crippen molar-refractivity contribution in [2.45, 2.75) is 32.4 Å². The molecule has 0 heterocycles. The van der Waals surface area contributed by atoms with E-state index in [1.807, 2.05) is 11.9 Å². The Kier molecular flexibility index (Phi) is 3.64. The minimum absolute atomic E-state index is 0.473. The van der Waals surface area contributed by atoms with Gasteiger partial charge >= 0.3 is 0 Å². The molecule has 92 valence electrons. The number of hydrogen-bond donors (Lipinski definition) is 2. The summed E-state index contributed by atoms with van der Waals surface area (Å²) >= 11 is 0. The van der Waals surface area contributed by atoms with Crippen LogP contribution in [0.4, 0.5) is 0 Å². The molecule has 0 spiro atoms. The lowest BCUT2D eigenvalue weighted by Crippen LogP contribution is -2.42. The molecular weight excluding hydrogens is 212 g/mol. The minimum Gasteiger partial charge on any atom is -0.341 e. The summed E-state index contributed by atoms with van der Waals surface area (Å²) in [4.78, 5) is 6.58. The van der Waals surface area contributed by atoms with E-state index in [0.29, 0.717) is 6.04 Å². The lowest BCUT2D eigenvalue weighted by atomic mass is 10.1. The highest BCUT2D eigenvalue weighted by molar-refractivity contribution is 5.79. The second-order valence-corrected chi connectivity index (χ2v) is 4.67. The summed E-state index contributed by atoms with van der Waals surface area (Å²) in [6.45, 7) is 2.92. The molecule has 1 fully saturated rings. The molecule has 4 heteroatoms. The first-order valence-electron chi connectivity index (χ1n) is 6.00. The third kappa shape index (κ3) is 3.46. The van der Waals surface area contributed by atoms with Crippen LogP contribution in [0.1, 0.15) is 24.0 Å². The van der Waals surface area contributed by atoms with Crippen molar-refractivity contribution in [2.24, 2.45) is 10.8 Å². The number of nitrogens with one attached hydrogen (secondary N) is 1. The van der Waals surface area contributed by atoms with Gasteiger partial charge in [-0.15, -0.1) is 0 Å². The molecule has 0 radical (unpaired) electrons. The Labute approximate surface area is 102 Å². The Morgan fingerprint density at radius 3 is 2.88 bits per heavy atom. The molecule has 3 N–H and O–H groups in total. The van der Waals surface area contributed by atoms with Gasteiger partial charge in [0.25, 0.3) is 0 Å². The number of nitrogens with zero attached hydrogens (tertiary/aromatic N) is 2. The molecule has 1 aliphatic rings. The standard InChI is InChI=1S/C13H20N4/c1-10-4-3-5-11(8-10)9-17(2)13(16-14)15-12-6-7-12/h3-5,8,12H,6-7,9,14H2,1-2H3,(H,15,16). The average molecular weight is 232 g/mol. The Morgan fingerprint density at radius 2 is 2.29 bits per heavy atom. The number of hydrogen-bond acceptors (Lipinski definition) is 2. The molecule has 0 saturated heterocycles. The van der Waals surface area contributed by atoms with Gasteiger partial charge < -0.3 is 4.90 Å². The van der Waals surface area contributed by atoms with Gasteiger partial charge in [-0.05, 0) is 25.3 Å². The highest BCUT2D eigenvalue weighted by atomic mass is 15.4. The van der Waals surface area contributed by atoms with Crippen LogP contribution < -0.4 is 11.3 Å². The van der Waals surface area contributed by atoms with Gasteiger partial charge in [-0.1, -0.05) is 29.8 Å². The maximum absolute atomic E-state index is 5.51. The summed E-state index contributed by atoms with van der Waals surface area (Å²) in [5.74, 6) is 6.28. The average Bonchev–Trinajstić information content (AvgIpc) is 3.09. The highest BCUT2D eigenvalue weighted by Gasteiger charge is 2.21. The molecule has 0 aliphatic heterocycles. The zero-order valence-electron chi connectivity index (χ0n) is 10.5. The van der Waals surface area contributed by atoms with E-state index in [-0.39, 0.29) is 0 Å². The lowest BCUT2D eigenvalue weighted by Gasteiger charge is -2.20. The van der Waals surface area contributed by atoms with Crippen LogP contribution in [0, 0.1) is 6.92 Å². The molecule has 1 aliphatic carbocycles. The molecule has 17 heavy (non-hydrogen) atoms. The van der Waals surface area contributed by atoms with Gasteiger partial charge in [-0.25, -0.2) is 10.8 Å². The van der Waals surface area contributed by atoms with Crippen molar-refractivity contribution >= 4 is 5.96 Å². The molecule has 1 aromatic carbocycles. The summed E-state index contributed by atoms with van der Waals surface area (Å²) < 4.78 is 0. The van der Waals surface area contributed by atoms with Crippen molar-refractivity contribution < 1.29 is 0 Å². The Bertz CT molecular complexity index is 410. The quantitative estimate of drug-likeness (QED) is 0.358. The third-order valence-electron chi connectivity index (χ3n) is 2.84. The number of benzene rings is 1. The normalized spacial score (nSPS) is 15.8. The van der Waals surface area contributed by atoms with Crippen LogP contribution >= 0.6 is 0 Å². The van der Waals surface area contributed by atoms with Crippen molar-refractivity contribution in [1.29, 1.82) is 0 Å². The minimum atomic E-state index is 0.473. The van der Waals surface area contributed by atoms with E-state index in [0.717, 1.165) is 12.5 Å². The second-order valence-electron chi connectivity index (χ2n) is 4.67. The molecule has 1 saturated carbocycles. The summed E-state index contributed by atoms with van der Waals surface area (Å²) in [5.41, 5.74) is 5.23. The summed E-state index contributed by atoms with van der Waals surface area (Å²) in [6, 6.07) is 8.95. The van der Waals surface area contributed by atoms with Gasteiger partial charge in [0.15, 0.2) is 0 Å². The topological polar surface area (TPSA) is 53.6 Å². The highest BCUT2D eigenvalue weighted by Crippen LogP contribution is 2.23. The Balaban J connectivity index is 2.01. The van der Waals surface area contributed by atoms with Crippen molar-refractivity contribution in [3.63, 3.8) is 0 Å². The SMILES string of the molecule is Cc1cccc(CN(C)C(=NC2CC2)NN)c1. The first kappa shape index (κ1) is 11.9. The monoisotopic (exact) mass is 232 g/mol. The van der Waals surface area contributed by atoms with Crippen LogP contribution in [-0.2, 0) is 6.54 Å². The zero-order valence-corrected chi connectivity index (χ0v) is 10.5. The lowest BCUT2D eigenvalue weighted by molar-refractivity contribution is 0.476. The van der Waals surface area contributed by atoms with Crippen LogP contribution in [0.15, 0.2) is 29.3 Å². The summed E-state index contributed by atoms with van der Waals surface area (Å²) in [5, 5.41) is 0. The second kappa shape index (κ2) is 5.19. The van der Waals surface area contributed by atoms with Gasteiger partial charge in [0.2, 0.25) is 5.96 Å². The molecule has 0 atom stereocenters. The van der Waals surface area contributed by atoms with Crippen LogP contribution in [0.25, 0.3) is 0 Å². The summed E-state index contributed by atoms with van der Waals surface area (Å²) in [7, 11) is 2.00. The Morgan fingerprint density at radius 1 is 1.53 bits per heavy atom. The smallest absolute Gasteiger partial charge is 0.208 e. The molecule has 0 amide bonds. The van der Waals surface area contributed by atoms with Gasteiger partial charge in [0.05, 0.1) is 6.04 Å². The third-order valence-corrected chi connectivity index (χ3v) is 2.84. The van der Waals surface area contributed by atoms with Crippen LogP contribution in [0.3, 0.4) is 0 Å². The molecular formula is C13H20N4. The van der Waals surface area contributed by atoms with Gasteiger partial charge in [0.1, 0.15) is 0 Å². The summed E-state index contributed by atoms with van der Waals surface area (Å²) in [6.07, 6.45) is 2.37. The largest absolute Gasteiger partial charge is 0.341 e. The molecule has 4 nitrogen and oxygen atoms in total. The van der Waals surface area contributed by atoms with E-state index in [1.165, 1.54) is 24.0 Å². The fourth-order valence-electron chi connectivity index (χ4n) is 1.78. The van der Waals surface area contributed by atoms with Crippen molar-refractivity contribution in [3.8, 4) is 0 Å². The van der Waals surface area contributed by atoms with Crippen molar-refractivity contribution in [3.05, 3.63) is 35.4 Å². The van der Waals surface area contributed by atoms with Gasteiger partial charge in [-0.2, -0.15) is 0 Å². The molecule has 2 rings (SSSR count). The molecule has 0 aromatic heterocycles. The predicted octanol–water partition coefficient (Wildman–Crippen LogP) is 1.41. The first-order chi connectivity index (χ1) is 8.19. The van der Waals surface area contributed by atoms with Crippen LogP contribution in [0.5, 0.6) is 0 Å². The van der Waals surface area contributed by atoms with E-state index in [9.17, 15) is 0 Å².